The Bertz CT molecular complexity index is 1400. The zero-order valence-electron chi connectivity index (χ0n) is 25.5. The number of pyridine rings is 2. The first-order chi connectivity index (χ1) is 20.0. The summed E-state index contributed by atoms with van der Waals surface area (Å²) in [5.41, 5.74) is 12.7. The van der Waals surface area contributed by atoms with E-state index in [-0.39, 0.29) is 12.5 Å². The molecule has 3 heterocycles. The van der Waals surface area contributed by atoms with Crippen molar-refractivity contribution in [3.63, 3.8) is 0 Å². The summed E-state index contributed by atoms with van der Waals surface area (Å²) in [6, 6.07) is 16.9. The van der Waals surface area contributed by atoms with E-state index in [4.69, 9.17) is 14.8 Å². The van der Waals surface area contributed by atoms with Crippen LogP contribution in [-0.2, 0) is 6.42 Å². The number of aliphatic hydroxyl groups excluding tert-OH is 1. The molecule has 220 valence electrons. The number of aromatic nitrogens is 2. The van der Waals surface area contributed by atoms with Gasteiger partial charge in [0, 0.05) is 58.5 Å². The summed E-state index contributed by atoms with van der Waals surface area (Å²) in [7, 11) is 0. The number of hydrogen-bond acceptors (Lipinski definition) is 6. The molecule has 0 saturated heterocycles. The van der Waals surface area contributed by atoms with E-state index in [1.165, 1.54) is 34.2 Å². The van der Waals surface area contributed by atoms with Crippen LogP contribution in [0.1, 0.15) is 69.8 Å². The Morgan fingerprint density at radius 1 is 1.12 bits per heavy atom. The number of nitrogens with zero attached hydrogens (tertiary/aromatic N) is 2. The van der Waals surface area contributed by atoms with Crippen molar-refractivity contribution in [2.24, 2.45) is 5.73 Å². The van der Waals surface area contributed by atoms with Crippen LogP contribution < -0.4 is 15.8 Å². The molecule has 7 heteroatoms. The Morgan fingerprint density at radius 3 is 2.46 bits per heavy atom. The maximum Gasteiger partial charge on any atom is 0.149 e. The lowest BCUT2D eigenvalue weighted by molar-refractivity contribution is 0.307. The fraction of sp³-hybridized carbons (Fsp3) is 0.353. The molecule has 1 aliphatic heterocycles. The highest BCUT2D eigenvalue weighted by molar-refractivity contribution is 5.87. The maximum atomic E-state index is 13.5. The van der Waals surface area contributed by atoms with Crippen molar-refractivity contribution in [3.8, 4) is 17.0 Å². The molecule has 0 fully saturated rings. The number of fused-ring (bicyclic) bond motifs is 2. The number of allylic oxidation sites excluding steroid dienone is 1. The van der Waals surface area contributed by atoms with E-state index in [2.05, 4.69) is 67.1 Å². The SMILES string of the molecule is C/C=C(\NCCc1cc2c(c(-c3ccc(F)cc3)n1)OCC2C)c1ccc2ncccc2c1C.CC.CC.NCO. The van der Waals surface area contributed by atoms with Gasteiger partial charge in [-0.1, -0.05) is 52.8 Å². The largest absolute Gasteiger partial charge is 0.490 e. The molecule has 41 heavy (non-hydrogen) atoms. The van der Waals surface area contributed by atoms with Crippen LogP contribution in [0.3, 0.4) is 0 Å². The standard InChI is InChI=1S/C29H28FN3O.2C2H6.CH5NO/c1-4-26(24-11-12-27-23(19(24)3)6-5-14-31-27)32-15-13-22-16-25-18(2)17-34-29(25)28(33-22)20-7-9-21(30)10-8-20;2*1-2;2-1-3/h4-12,14,16,18,32H,13,15,17H2,1-3H3;2*1-2H3;3H,1-2H2/b26-4-;;;. The highest BCUT2D eigenvalue weighted by Gasteiger charge is 2.26. The first-order valence-corrected chi connectivity index (χ1v) is 14.4. The minimum atomic E-state index is -0.256. The lowest BCUT2D eigenvalue weighted by Gasteiger charge is -2.16. The van der Waals surface area contributed by atoms with Gasteiger partial charge in [0.05, 0.1) is 18.9 Å². The highest BCUT2D eigenvalue weighted by atomic mass is 19.1. The fourth-order valence-corrected chi connectivity index (χ4v) is 4.63. The van der Waals surface area contributed by atoms with Gasteiger partial charge in [0.1, 0.15) is 17.3 Å². The molecular formula is C34H45FN4O2. The Labute approximate surface area is 244 Å². The molecular weight excluding hydrogens is 515 g/mol. The third kappa shape index (κ3) is 8.35. The van der Waals surface area contributed by atoms with Crippen molar-refractivity contribution in [2.75, 3.05) is 19.9 Å². The number of hydrogen-bond donors (Lipinski definition) is 3. The Hall–Kier alpha value is -3.81. The van der Waals surface area contributed by atoms with Gasteiger partial charge in [-0.2, -0.15) is 0 Å². The number of halogens is 1. The third-order valence-electron chi connectivity index (χ3n) is 6.51. The van der Waals surface area contributed by atoms with E-state index in [9.17, 15) is 4.39 Å². The van der Waals surface area contributed by atoms with Gasteiger partial charge in [0.25, 0.3) is 0 Å². The van der Waals surface area contributed by atoms with E-state index in [0.717, 1.165) is 46.9 Å². The van der Waals surface area contributed by atoms with Gasteiger partial charge >= 0.3 is 0 Å². The first-order valence-electron chi connectivity index (χ1n) is 14.4. The highest BCUT2D eigenvalue weighted by Crippen LogP contribution is 2.41. The minimum absolute atomic E-state index is 0.250. The summed E-state index contributed by atoms with van der Waals surface area (Å²) < 4.78 is 19.4. The van der Waals surface area contributed by atoms with Crippen molar-refractivity contribution < 1.29 is 14.2 Å². The summed E-state index contributed by atoms with van der Waals surface area (Å²) in [5, 5.41) is 12.1. The van der Waals surface area contributed by atoms with E-state index in [1.807, 2.05) is 40.0 Å². The Kier molecular flexibility index (Phi) is 13.9. The van der Waals surface area contributed by atoms with Crippen LogP contribution in [0.15, 0.2) is 66.9 Å². The van der Waals surface area contributed by atoms with Crippen LogP contribution in [0, 0.1) is 12.7 Å². The number of rotatable bonds is 6. The number of aryl methyl sites for hydroxylation is 1. The molecule has 1 unspecified atom stereocenters. The lowest BCUT2D eigenvalue weighted by atomic mass is 9.99. The first kappa shape index (κ1) is 33.4. The smallest absolute Gasteiger partial charge is 0.149 e. The number of nitrogens with two attached hydrogens (primary N) is 1. The summed E-state index contributed by atoms with van der Waals surface area (Å²) in [4.78, 5) is 9.38. The predicted molar refractivity (Wildman–Crippen MR) is 169 cm³/mol. The van der Waals surface area contributed by atoms with Crippen molar-refractivity contribution in [2.45, 2.75) is 60.8 Å². The van der Waals surface area contributed by atoms with Gasteiger partial charge in [-0.25, -0.2) is 9.37 Å². The molecule has 1 atom stereocenters. The molecule has 0 radical (unpaired) electrons. The van der Waals surface area contributed by atoms with Gasteiger partial charge in [0.2, 0.25) is 0 Å². The second-order valence-corrected chi connectivity index (χ2v) is 8.97. The molecule has 4 N–H and O–H groups in total. The summed E-state index contributed by atoms with van der Waals surface area (Å²) in [6.07, 6.45) is 4.70. The molecule has 1 aliphatic rings. The van der Waals surface area contributed by atoms with Gasteiger partial charge in [-0.15, -0.1) is 0 Å². The van der Waals surface area contributed by atoms with Crippen molar-refractivity contribution in [3.05, 3.63) is 95.1 Å². The van der Waals surface area contributed by atoms with Crippen molar-refractivity contribution in [1.29, 1.82) is 0 Å². The average molecular weight is 561 g/mol. The second kappa shape index (κ2) is 17.1. The molecule has 0 saturated carbocycles. The molecule has 2 aromatic heterocycles. The molecule has 4 aromatic rings. The van der Waals surface area contributed by atoms with Crippen LogP contribution in [0.25, 0.3) is 27.9 Å². The normalized spacial score (nSPS) is 13.4. The number of nitrogens with one attached hydrogen (secondary N) is 1. The Morgan fingerprint density at radius 2 is 1.80 bits per heavy atom. The van der Waals surface area contributed by atoms with Crippen LogP contribution in [0.4, 0.5) is 4.39 Å². The lowest BCUT2D eigenvalue weighted by Crippen LogP contribution is -2.17. The van der Waals surface area contributed by atoms with Gasteiger partial charge < -0.3 is 20.9 Å². The third-order valence-corrected chi connectivity index (χ3v) is 6.51. The predicted octanol–water partition coefficient (Wildman–Crippen LogP) is 7.38. The summed E-state index contributed by atoms with van der Waals surface area (Å²) >= 11 is 0. The van der Waals surface area contributed by atoms with E-state index in [0.29, 0.717) is 12.5 Å². The summed E-state index contributed by atoms with van der Waals surface area (Å²) in [6.45, 7) is 15.5. The molecule has 0 spiro atoms. The molecule has 0 bridgehead atoms. The van der Waals surface area contributed by atoms with Gasteiger partial charge in [-0.05, 0) is 61.9 Å². The quantitative estimate of drug-likeness (QED) is 0.213. The monoisotopic (exact) mass is 560 g/mol. The zero-order chi connectivity index (χ0) is 30.4. The van der Waals surface area contributed by atoms with Crippen molar-refractivity contribution in [1.82, 2.24) is 15.3 Å². The molecule has 0 amide bonds. The van der Waals surface area contributed by atoms with Crippen LogP contribution >= 0.6 is 0 Å². The number of benzene rings is 2. The zero-order valence-corrected chi connectivity index (χ0v) is 25.5. The maximum absolute atomic E-state index is 13.5. The summed E-state index contributed by atoms with van der Waals surface area (Å²) in [5.74, 6) is 0.878. The minimum Gasteiger partial charge on any atom is -0.490 e. The molecule has 5 rings (SSSR count). The van der Waals surface area contributed by atoms with E-state index in [1.54, 1.807) is 12.1 Å². The Balaban J connectivity index is 0.000000775. The van der Waals surface area contributed by atoms with Crippen molar-refractivity contribution >= 4 is 16.6 Å². The topological polar surface area (TPSA) is 93.3 Å². The average Bonchev–Trinajstić information content (AvgIpc) is 3.39. The van der Waals surface area contributed by atoms with Crippen LogP contribution in [-0.4, -0.2) is 35.0 Å². The molecule has 2 aromatic carbocycles. The van der Waals surface area contributed by atoms with Crippen LogP contribution in [0.5, 0.6) is 5.75 Å². The van der Waals surface area contributed by atoms with Gasteiger partial charge in [0.15, 0.2) is 0 Å². The van der Waals surface area contributed by atoms with E-state index < -0.39 is 0 Å². The second-order valence-electron chi connectivity index (χ2n) is 8.97. The molecule has 6 nitrogen and oxygen atoms in total. The van der Waals surface area contributed by atoms with E-state index >= 15 is 0 Å². The van der Waals surface area contributed by atoms with Gasteiger partial charge in [-0.3, -0.25) is 4.98 Å². The van der Waals surface area contributed by atoms with Crippen LogP contribution in [0.2, 0.25) is 0 Å². The number of ether oxygens (including phenoxy) is 1. The molecule has 0 aliphatic carbocycles. The number of aliphatic hydroxyl groups is 1. The fourth-order valence-electron chi connectivity index (χ4n) is 4.63.